The minimum atomic E-state index is -0.610. The van der Waals surface area contributed by atoms with Gasteiger partial charge in [0.05, 0.1) is 4.92 Å². The summed E-state index contributed by atoms with van der Waals surface area (Å²) < 4.78 is 10.9. The molecule has 148 valence electrons. The Morgan fingerprint density at radius 3 is 2.50 bits per heavy atom. The molecular formula is C23H16N2O5. The van der Waals surface area contributed by atoms with E-state index >= 15 is 0 Å². The van der Waals surface area contributed by atoms with Gasteiger partial charge >= 0.3 is 5.97 Å². The van der Waals surface area contributed by atoms with Gasteiger partial charge in [-0.05, 0) is 35.4 Å². The van der Waals surface area contributed by atoms with Gasteiger partial charge in [0.1, 0.15) is 12.4 Å². The zero-order valence-corrected chi connectivity index (χ0v) is 15.7. The van der Waals surface area contributed by atoms with E-state index in [0.29, 0.717) is 17.9 Å². The lowest BCUT2D eigenvalue weighted by molar-refractivity contribution is -0.384. The van der Waals surface area contributed by atoms with Crippen molar-refractivity contribution in [1.29, 1.82) is 0 Å². The summed E-state index contributed by atoms with van der Waals surface area (Å²) >= 11 is 0. The molecule has 4 rings (SSSR count). The third-order valence-electron chi connectivity index (χ3n) is 4.36. The summed E-state index contributed by atoms with van der Waals surface area (Å²) in [7, 11) is 0. The lowest BCUT2D eigenvalue weighted by Gasteiger charge is -2.06. The zero-order valence-electron chi connectivity index (χ0n) is 15.7. The number of carbonyl (C=O) groups is 1. The number of aliphatic imine (C=N–C) groups is 1. The predicted octanol–water partition coefficient (Wildman–Crippen LogP) is 4.52. The second-order valence-corrected chi connectivity index (χ2v) is 6.49. The Balaban J connectivity index is 1.48. The van der Waals surface area contributed by atoms with Crippen molar-refractivity contribution >= 4 is 23.6 Å². The van der Waals surface area contributed by atoms with Crippen molar-refractivity contribution in [3.8, 4) is 5.75 Å². The Morgan fingerprint density at radius 2 is 1.77 bits per heavy atom. The number of ether oxygens (including phenoxy) is 2. The van der Waals surface area contributed by atoms with Gasteiger partial charge in [-0.1, -0.05) is 48.5 Å². The van der Waals surface area contributed by atoms with Gasteiger partial charge in [0, 0.05) is 17.7 Å². The molecule has 3 aromatic rings. The zero-order chi connectivity index (χ0) is 20.9. The van der Waals surface area contributed by atoms with Gasteiger partial charge in [-0.25, -0.2) is 9.79 Å². The summed E-state index contributed by atoms with van der Waals surface area (Å²) in [5.74, 6) is 0.134. The fraction of sp³-hybridized carbons (Fsp3) is 0.0435. The first-order valence-corrected chi connectivity index (χ1v) is 9.13. The van der Waals surface area contributed by atoms with Crippen LogP contribution >= 0.6 is 0 Å². The first-order valence-electron chi connectivity index (χ1n) is 9.13. The van der Waals surface area contributed by atoms with E-state index in [0.717, 1.165) is 11.1 Å². The smallest absolute Gasteiger partial charge is 0.363 e. The van der Waals surface area contributed by atoms with Crippen molar-refractivity contribution in [3.63, 3.8) is 0 Å². The van der Waals surface area contributed by atoms with Crippen LogP contribution in [-0.4, -0.2) is 16.8 Å². The topological polar surface area (TPSA) is 91.0 Å². The number of cyclic esters (lactones) is 1. The highest BCUT2D eigenvalue weighted by atomic mass is 16.6. The van der Waals surface area contributed by atoms with Crippen LogP contribution in [0.5, 0.6) is 5.75 Å². The summed E-state index contributed by atoms with van der Waals surface area (Å²) in [5, 5.41) is 10.9. The Bertz CT molecular complexity index is 1150. The molecule has 0 spiro atoms. The molecule has 30 heavy (non-hydrogen) atoms. The standard InChI is InChI=1S/C23H16N2O5/c26-23-21(24-22(30-23)18-7-4-8-19(14-18)25(27)28)13-16-9-11-20(12-10-16)29-15-17-5-2-1-3-6-17/h1-14H,15H2/b21-13+. The summed E-state index contributed by atoms with van der Waals surface area (Å²) in [6.07, 6.45) is 1.59. The van der Waals surface area contributed by atoms with E-state index in [1.807, 2.05) is 42.5 Å². The molecule has 3 aromatic carbocycles. The first-order chi connectivity index (χ1) is 14.6. The maximum atomic E-state index is 12.1. The van der Waals surface area contributed by atoms with Crippen LogP contribution in [-0.2, 0) is 16.1 Å². The minimum absolute atomic E-state index is 0.0396. The van der Waals surface area contributed by atoms with Crippen molar-refractivity contribution < 1.29 is 19.2 Å². The summed E-state index contributed by atoms with van der Waals surface area (Å²) in [5.41, 5.74) is 2.20. The number of nitro groups is 1. The van der Waals surface area contributed by atoms with Crippen molar-refractivity contribution in [3.05, 3.63) is 111 Å². The molecule has 1 aliphatic rings. The van der Waals surface area contributed by atoms with Crippen molar-refractivity contribution in [2.24, 2.45) is 4.99 Å². The number of benzene rings is 3. The molecule has 1 heterocycles. The van der Waals surface area contributed by atoms with Gasteiger partial charge in [0.15, 0.2) is 5.70 Å². The van der Waals surface area contributed by atoms with E-state index in [-0.39, 0.29) is 17.3 Å². The number of hydrogen-bond acceptors (Lipinski definition) is 6. The molecular weight excluding hydrogens is 384 g/mol. The van der Waals surface area contributed by atoms with Crippen LogP contribution in [0, 0.1) is 10.1 Å². The van der Waals surface area contributed by atoms with Crippen molar-refractivity contribution in [2.75, 3.05) is 0 Å². The number of hydrogen-bond donors (Lipinski definition) is 0. The number of esters is 1. The van der Waals surface area contributed by atoms with E-state index in [1.54, 1.807) is 24.3 Å². The van der Waals surface area contributed by atoms with Crippen molar-refractivity contribution in [1.82, 2.24) is 0 Å². The number of non-ortho nitro benzene ring substituents is 1. The molecule has 7 heteroatoms. The fourth-order valence-corrected chi connectivity index (χ4v) is 2.84. The lowest BCUT2D eigenvalue weighted by Crippen LogP contribution is -2.05. The molecule has 0 fully saturated rings. The molecule has 0 bridgehead atoms. The third-order valence-corrected chi connectivity index (χ3v) is 4.36. The Hall–Kier alpha value is -4.26. The van der Waals surface area contributed by atoms with E-state index in [4.69, 9.17) is 9.47 Å². The monoisotopic (exact) mass is 400 g/mol. The quantitative estimate of drug-likeness (QED) is 0.263. The van der Waals surface area contributed by atoms with Crippen LogP contribution in [0.1, 0.15) is 16.7 Å². The van der Waals surface area contributed by atoms with Gasteiger partial charge in [-0.2, -0.15) is 0 Å². The van der Waals surface area contributed by atoms with Gasteiger partial charge in [-0.3, -0.25) is 10.1 Å². The second kappa shape index (κ2) is 8.40. The largest absolute Gasteiger partial charge is 0.489 e. The van der Waals surface area contributed by atoms with Gasteiger partial charge in [-0.15, -0.1) is 0 Å². The molecule has 0 aromatic heterocycles. The highest BCUT2D eigenvalue weighted by molar-refractivity contribution is 6.13. The minimum Gasteiger partial charge on any atom is -0.489 e. The fourth-order valence-electron chi connectivity index (χ4n) is 2.84. The Morgan fingerprint density at radius 1 is 1.00 bits per heavy atom. The summed E-state index contributed by atoms with van der Waals surface area (Å²) in [4.78, 5) is 26.7. The molecule has 0 unspecified atom stereocenters. The maximum Gasteiger partial charge on any atom is 0.363 e. The second-order valence-electron chi connectivity index (χ2n) is 6.49. The molecule has 0 aliphatic carbocycles. The van der Waals surface area contributed by atoms with Gasteiger partial charge in [0.2, 0.25) is 5.90 Å². The Kier molecular flexibility index (Phi) is 5.34. The van der Waals surface area contributed by atoms with Crippen LogP contribution < -0.4 is 4.74 Å². The lowest BCUT2D eigenvalue weighted by atomic mass is 10.2. The maximum absolute atomic E-state index is 12.1. The van der Waals surface area contributed by atoms with E-state index in [1.165, 1.54) is 18.2 Å². The molecule has 7 nitrogen and oxygen atoms in total. The normalized spacial score (nSPS) is 14.3. The average molecular weight is 400 g/mol. The number of carbonyl (C=O) groups excluding carboxylic acids is 1. The average Bonchev–Trinajstić information content (AvgIpc) is 3.14. The van der Waals surface area contributed by atoms with E-state index in [2.05, 4.69) is 4.99 Å². The SMILES string of the molecule is O=C1OC(c2cccc([N+](=O)[O-])c2)=N/C1=C/c1ccc(OCc2ccccc2)cc1. The van der Waals surface area contributed by atoms with Gasteiger partial charge < -0.3 is 9.47 Å². The third kappa shape index (κ3) is 4.41. The molecule has 1 aliphatic heterocycles. The highest BCUT2D eigenvalue weighted by Crippen LogP contribution is 2.22. The van der Waals surface area contributed by atoms with Crippen LogP contribution in [0.4, 0.5) is 5.69 Å². The van der Waals surface area contributed by atoms with E-state index in [9.17, 15) is 14.9 Å². The summed E-state index contributed by atoms with van der Waals surface area (Å²) in [6.45, 7) is 0.463. The molecule has 0 amide bonds. The Labute approximate surface area is 172 Å². The van der Waals surface area contributed by atoms with Crippen LogP contribution in [0.25, 0.3) is 6.08 Å². The number of nitrogens with zero attached hydrogens (tertiary/aromatic N) is 2. The number of rotatable bonds is 6. The van der Waals surface area contributed by atoms with Crippen LogP contribution in [0.3, 0.4) is 0 Å². The molecule has 0 N–H and O–H groups in total. The molecule has 0 saturated carbocycles. The van der Waals surface area contributed by atoms with Gasteiger partial charge in [0.25, 0.3) is 5.69 Å². The first kappa shape index (κ1) is 19.1. The highest BCUT2D eigenvalue weighted by Gasteiger charge is 2.25. The van der Waals surface area contributed by atoms with Crippen LogP contribution in [0.15, 0.2) is 89.6 Å². The number of nitro benzene ring substituents is 1. The van der Waals surface area contributed by atoms with E-state index < -0.39 is 10.9 Å². The molecule has 0 saturated heterocycles. The predicted molar refractivity (Wildman–Crippen MR) is 111 cm³/mol. The molecule has 0 radical (unpaired) electrons. The van der Waals surface area contributed by atoms with Crippen LogP contribution in [0.2, 0.25) is 0 Å². The summed E-state index contributed by atoms with van der Waals surface area (Å²) in [6, 6.07) is 22.8. The van der Waals surface area contributed by atoms with Crippen molar-refractivity contribution in [2.45, 2.75) is 6.61 Å². The molecule has 0 atom stereocenters.